The van der Waals surface area contributed by atoms with E-state index in [0.717, 1.165) is 0 Å². The monoisotopic (exact) mass is 216 g/mol. The number of benzene rings is 1. The van der Waals surface area contributed by atoms with E-state index in [9.17, 15) is 9.90 Å². The number of aliphatic carboxylic acids is 1. The van der Waals surface area contributed by atoms with Crippen LogP contribution in [0.25, 0.3) is 6.08 Å². The van der Waals surface area contributed by atoms with Crippen molar-refractivity contribution in [3.8, 4) is 11.8 Å². The predicted octanol–water partition coefficient (Wildman–Crippen LogP) is 0.742. The van der Waals surface area contributed by atoms with Gasteiger partial charge in [-0.1, -0.05) is 12.1 Å². The molecule has 4 heteroatoms. The summed E-state index contributed by atoms with van der Waals surface area (Å²) in [4.78, 5) is 10.5. The van der Waals surface area contributed by atoms with Crippen LogP contribution in [-0.4, -0.2) is 12.6 Å². The van der Waals surface area contributed by atoms with E-state index in [0.29, 0.717) is 17.9 Å². The average molecular weight is 216 g/mol. The number of ether oxygens (including phenoxy) is 1. The number of carbonyl (C=O) groups excluding carboxylic acids is 1. The van der Waals surface area contributed by atoms with E-state index in [1.165, 1.54) is 6.08 Å². The minimum atomic E-state index is -1.48. The number of hydrogen-bond acceptors (Lipinski definition) is 4. The second-order valence-electron chi connectivity index (χ2n) is 2.96. The van der Waals surface area contributed by atoms with Gasteiger partial charge in [-0.2, -0.15) is 5.26 Å². The molecule has 1 aromatic rings. The molecule has 4 nitrogen and oxygen atoms in total. The standard InChI is InChI=1S/C12H11NO3/c1-2-16-11-5-3-9(4-6-11)7-10(8-13)12(14)15/h3-7H,2H2,1H3,(H,14,15)/p-1/b10-7+. The molecule has 0 aliphatic carbocycles. The molecule has 1 rings (SSSR count). The molecule has 0 heterocycles. The number of carboxylic acids is 1. The lowest BCUT2D eigenvalue weighted by molar-refractivity contribution is -0.298. The number of carbonyl (C=O) groups is 1. The maximum Gasteiger partial charge on any atom is 0.119 e. The van der Waals surface area contributed by atoms with Crippen LogP contribution in [0.3, 0.4) is 0 Å². The highest BCUT2D eigenvalue weighted by Gasteiger charge is 1.97. The molecule has 0 saturated carbocycles. The largest absolute Gasteiger partial charge is 0.544 e. The zero-order valence-corrected chi connectivity index (χ0v) is 8.77. The Morgan fingerprint density at radius 1 is 1.50 bits per heavy atom. The third-order valence-corrected chi connectivity index (χ3v) is 1.84. The van der Waals surface area contributed by atoms with E-state index in [1.54, 1.807) is 30.3 Å². The summed E-state index contributed by atoms with van der Waals surface area (Å²) in [5.41, 5.74) is 0.216. The van der Waals surface area contributed by atoms with Gasteiger partial charge in [-0.25, -0.2) is 0 Å². The van der Waals surface area contributed by atoms with Crippen molar-refractivity contribution in [2.75, 3.05) is 6.61 Å². The minimum absolute atomic E-state index is 0.399. The van der Waals surface area contributed by atoms with Gasteiger partial charge in [0.15, 0.2) is 0 Å². The molecule has 0 spiro atoms. The van der Waals surface area contributed by atoms with Gasteiger partial charge in [0.05, 0.1) is 18.1 Å². The van der Waals surface area contributed by atoms with Gasteiger partial charge in [-0.05, 0) is 30.7 Å². The van der Waals surface area contributed by atoms with Crippen LogP contribution in [0.2, 0.25) is 0 Å². The Morgan fingerprint density at radius 2 is 2.12 bits per heavy atom. The van der Waals surface area contributed by atoms with E-state index in [-0.39, 0.29) is 0 Å². The fourth-order valence-electron chi connectivity index (χ4n) is 1.13. The number of carboxylic acid groups (broad SMARTS) is 1. The Kier molecular flexibility index (Phi) is 4.10. The van der Waals surface area contributed by atoms with Crippen LogP contribution >= 0.6 is 0 Å². The van der Waals surface area contributed by atoms with E-state index < -0.39 is 11.5 Å². The second kappa shape index (κ2) is 5.56. The molecule has 16 heavy (non-hydrogen) atoms. The molecule has 0 radical (unpaired) electrons. The lowest BCUT2D eigenvalue weighted by atomic mass is 10.1. The zero-order valence-electron chi connectivity index (χ0n) is 8.77. The van der Waals surface area contributed by atoms with Crippen molar-refractivity contribution in [1.82, 2.24) is 0 Å². The molecule has 0 atom stereocenters. The van der Waals surface area contributed by atoms with Gasteiger partial charge in [0.25, 0.3) is 0 Å². The zero-order chi connectivity index (χ0) is 12.0. The molecule has 0 aliphatic heterocycles. The third-order valence-electron chi connectivity index (χ3n) is 1.84. The number of rotatable bonds is 4. The third kappa shape index (κ3) is 3.14. The van der Waals surface area contributed by atoms with E-state index >= 15 is 0 Å². The summed E-state index contributed by atoms with van der Waals surface area (Å²) in [5.74, 6) is -0.775. The molecule has 0 aromatic heterocycles. The van der Waals surface area contributed by atoms with Crippen LogP contribution in [0.5, 0.6) is 5.75 Å². The van der Waals surface area contributed by atoms with E-state index in [2.05, 4.69) is 0 Å². The van der Waals surface area contributed by atoms with Crippen LogP contribution in [0.1, 0.15) is 12.5 Å². The smallest absolute Gasteiger partial charge is 0.119 e. The highest BCUT2D eigenvalue weighted by Crippen LogP contribution is 2.14. The number of nitrogens with zero attached hydrogens (tertiary/aromatic N) is 1. The van der Waals surface area contributed by atoms with Gasteiger partial charge < -0.3 is 14.6 Å². The SMILES string of the molecule is CCOc1ccc(/C=C(\C#N)C(=O)[O-])cc1. The summed E-state index contributed by atoms with van der Waals surface area (Å²) in [6.07, 6.45) is 1.26. The van der Waals surface area contributed by atoms with Crippen LogP contribution in [0.4, 0.5) is 0 Å². The fourth-order valence-corrected chi connectivity index (χ4v) is 1.13. The van der Waals surface area contributed by atoms with Gasteiger partial charge in [0, 0.05) is 0 Å². The Labute approximate surface area is 93.4 Å². The molecule has 0 N–H and O–H groups in total. The number of nitriles is 1. The molecule has 0 fully saturated rings. The second-order valence-corrected chi connectivity index (χ2v) is 2.96. The van der Waals surface area contributed by atoms with E-state index in [4.69, 9.17) is 10.00 Å². The maximum atomic E-state index is 10.5. The molecule has 0 aliphatic rings. The van der Waals surface area contributed by atoms with Crippen molar-refractivity contribution >= 4 is 12.0 Å². The molecule has 82 valence electrons. The normalized spacial score (nSPS) is 10.6. The summed E-state index contributed by atoms with van der Waals surface area (Å²) < 4.78 is 5.23. The summed E-state index contributed by atoms with van der Waals surface area (Å²) in [5, 5.41) is 19.0. The van der Waals surface area contributed by atoms with Crippen molar-refractivity contribution < 1.29 is 14.6 Å². The van der Waals surface area contributed by atoms with Crippen molar-refractivity contribution in [2.24, 2.45) is 0 Å². The summed E-state index contributed by atoms with van der Waals surface area (Å²) in [6, 6.07) is 8.32. The maximum absolute atomic E-state index is 10.5. The van der Waals surface area contributed by atoms with Crippen molar-refractivity contribution in [3.05, 3.63) is 35.4 Å². The Balaban J connectivity index is 2.90. The topological polar surface area (TPSA) is 73.1 Å². The van der Waals surface area contributed by atoms with Crippen molar-refractivity contribution in [1.29, 1.82) is 5.26 Å². The minimum Gasteiger partial charge on any atom is -0.544 e. The van der Waals surface area contributed by atoms with Gasteiger partial charge >= 0.3 is 0 Å². The molecular formula is C12H10NO3-. The van der Waals surface area contributed by atoms with E-state index in [1.807, 2.05) is 6.92 Å². The molecule has 0 amide bonds. The highest BCUT2D eigenvalue weighted by atomic mass is 16.5. The lowest BCUT2D eigenvalue weighted by Gasteiger charge is -2.03. The van der Waals surface area contributed by atoms with Crippen LogP contribution in [0, 0.1) is 11.3 Å². The predicted molar refractivity (Wildman–Crippen MR) is 56.2 cm³/mol. The molecule has 0 saturated heterocycles. The van der Waals surface area contributed by atoms with Gasteiger partial charge in [-0.15, -0.1) is 0 Å². The molecule has 0 unspecified atom stereocenters. The van der Waals surface area contributed by atoms with Gasteiger partial charge in [0.2, 0.25) is 0 Å². The quantitative estimate of drug-likeness (QED) is 0.549. The fraction of sp³-hybridized carbons (Fsp3) is 0.167. The first-order valence-electron chi connectivity index (χ1n) is 4.73. The number of hydrogen-bond donors (Lipinski definition) is 0. The van der Waals surface area contributed by atoms with Crippen LogP contribution in [-0.2, 0) is 4.79 Å². The highest BCUT2D eigenvalue weighted by molar-refractivity contribution is 5.95. The van der Waals surface area contributed by atoms with Crippen LogP contribution < -0.4 is 9.84 Å². The Hall–Kier alpha value is -2.28. The van der Waals surface area contributed by atoms with Crippen molar-refractivity contribution in [3.63, 3.8) is 0 Å². The first-order chi connectivity index (χ1) is 7.67. The lowest BCUT2D eigenvalue weighted by Crippen LogP contribution is -2.23. The Bertz CT molecular complexity index is 440. The first-order valence-corrected chi connectivity index (χ1v) is 4.73. The molecule has 1 aromatic carbocycles. The first kappa shape index (κ1) is 11.8. The van der Waals surface area contributed by atoms with Gasteiger partial charge in [-0.3, -0.25) is 0 Å². The summed E-state index contributed by atoms with van der Waals surface area (Å²) >= 11 is 0. The average Bonchev–Trinajstić information content (AvgIpc) is 2.28. The van der Waals surface area contributed by atoms with Crippen LogP contribution in [0.15, 0.2) is 29.8 Å². The molecular weight excluding hydrogens is 206 g/mol. The van der Waals surface area contributed by atoms with Crippen molar-refractivity contribution in [2.45, 2.75) is 6.92 Å². The summed E-state index contributed by atoms with van der Waals surface area (Å²) in [7, 11) is 0. The summed E-state index contributed by atoms with van der Waals surface area (Å²) in [6.45, 7) is 2.44. The Morgan fingerprint density at radius 3 is 2.56 bits per heavy atom. The molecule has 0 bridgehead atoms. The van der Waals surface area contributed by atoms with Gasteiger partial charge in [0.1, 0.15) is 11.8 Å².